The number of hydrogen-bond acceptors (Lipinski definition) is 2. The van der Waals surface area contributed by atoms with Crippen LogP contribution in [0.5, 0.6) is 11.5 Å². The second-order valence-electron chi connectivity index (χ2n) is 18.1. The summed E-state index contributed by atoms with van der Waals surface area (Å²) in [6.07, 6.45) is 7.92. The molecule has 0 aliphatic carbocycles. The first-order chi connectivity index (χ1) is 32.4. The van der Waals surface area contributed by atoms with Crippen LogP contribution < -0.4 is 9.14 Å². The quantitative estimate of drug-likeness (QED) is 0.127. The van der Waals surface area contributed by atoms with Crippen molar-refractivity contribution in [3.8, 4) is 34.1 Å². The smallest absolute Gasteiger partial charge is 0.267 e. The van der Waals surface area contributed by atoms with Crippen LogP contribution in [0.15, 0.2) is 194 Å². The number of aromatic nitrogens is 5. The molecule has 0 unspecified atom stereocenters. The number of imidazole rings is 1. The molecule has 0 amide bonds. The summed E-state index contributed by atoms with van der Waals surface area (Å²) in [7, 11) is 0. The van der Waals surface area contributed by atoms with E-state index in [0.29, 0.717) is 11.5 Å². The van der Waals surface area contributed by atoms with E-state index in [0.717, 1.165) is 88.2 Å². The maximum Gasteiger partial charge on any atom is 0.267 e. The molecule has 6 nitrogen and oxygen atoms in total. The second kappa shape index (κ2) is 15.7. The fourth-order valence-electron chi connectivity index (χ4n) is 10.0. The molecule has 0 saturated heterocycles. The van der Waals surface area contributed by atoms with Gasteiger partial charge in [-0.1, -0.05) is 148 Å². The molecule has 324 valence electrons. The Morgan fingerprint density at radius 1 is 0.552 bits per heavy atom. The number of rotatable bonds is 5. The van der Waals surface area contributed by atoms with E-state index in [1.165, 1.54) is 16.3 Å². The Morgan fingerprint density at radius 2 is 1.18 bits per heavy atom. The molecule has 7 heteroatoms. The van der Waals surface area contributed by atoms with E-state index >= 15 is 0 Å². The van der Waals surface area contributed by atoms with Gasteiger partial charge in [0, 0.05) is 72.0 Å². The molecule has 5 heterocycles. The van der Waals surface area contributed by atoms with Crippen LogP contribution >= 0.6 is 0 Å². The third kappa shape index (κ3) is 6.50. The third-order valence-corrected chi connectivity index (χ3v) is 13.1. The zero-order valence-electron chi connectivity index (χ0n) is 36.9. The van der Waals surface area contributed by atoms with Crippen LogP contribution in [0, 0.1) is 18.5 Å². The molecule has 67 heavy (non-hydrogen) atoms. The van der Waals surface area contributed by atoms with Gasteiger partial charge in [0.1, 0.15) is 5.82 Å². The molecule has 0 saturated carbocycles. The molecule has 13 aromatic rings. The van der Waals surface area contributed by atoms with Gasteiger partial charge in [0.25, 0.3) is 6.33 Å². The first-order valence-electron chi connectivity index (χ1n) is 22.4. The first-order valence-corrected chi connectivity index (χ1v) is 22.4. The van der Waals surface area contributed by atoms with Crippen molar-refractivity contribution >= 4 is 76.3 Å². The van der Waals surface area contributed by atoms with Crippen molar-refractivity contribution in [2.24, 2.45) is 0 Å². The number of nitrogens with zero attached hydrogens (tertiary/aromatic N) is 5. The minimum absolute atomic E-state index is 0. The summed E-state index contributed by atoms with van der Waals surface area (Å²) < 4.78 is 15.6. The number of pyridine rings is 1. The first kappa shape index (κ1) is 40.7. The number of fused-ring (bicyclic) bond motifs is 13. The summed E-state index contributed by atoms with van der Waals surface area (Å²) in [6, 6.07) is 71.6. The zero-order chi connectivity index (χ0) is 44.1. The Labute approximate surface area is 401 Å². The van der Waals surface area contributed by atoms with Crippen molar-refractivity contribution in [3.05, 3.63) is 218 Å². The Morgan fingerprint density at radius 3 is 1.96 bits per heavy atom. The van der Waals surface area contributed by atoms with Gasteiger partial charge in [-0.25, -0.2) is 4.98 Å². The average Bonchev–Trinajstić information content (AvgIpc) is 4.05. The Bertz CT molecular complexity index is 4140. The van der Waals surface area contributed by atoms with Crippen LogP contribution in [0.3, 0.4) is 0 Å². The minimum atomic E-state index is -0.0334. The van der Waals surface area contributed by atoms with E-state index in [2.05, 4.69) is 223 Å². The zero-order valence-corrected chi connectivity index (χ0v) is 39.2. The number of hydrogen-bond donors (Lipinski definition) is 0. The van der Waals surface area contributed by atoms with Gasteiger partial charge in [0.15, 0.2) is 0 Å². The van der Waals surface area contributed by atoms with Gasteiger partial charge >= 0.3 is 0 Å². The standard InChI is InChI=1S/C60H41N5O.Pt/c1-60(2,3)40-32-33-61-57(34-40)64-52-27-10-7-20-45(52)48-31-30-43(36-55(48)64)66-42-19-13-18-41(35-42)62-37-56-51-26-15-25-50-47-22-9-12-29-54(47)65(59(50)51)53-28-11-8-21-46(53)49-24-14-23-44(58(49)63(56)38-62)39-16-5-4-6-17-39;/h4-34,37H,1-3H3;/q-2;. The summed E-state index contributed by atoms with van der Waals surface area (Å²) in [5, 5.41) is 7.96. The molecule has 0 fully saturated rings. The van der Waals surface area contributed by atoms with Crippen LogP contribution in [0.25, 0.3) is 99.0 Å². The monoisotopic (exact) mass is 1040 g/mol. The van der Waals surface area contributed by atoms with Crippen molar-refractivity contribution in [2.75, 3.05) is 0 Å². The fraction of sp³-hybridized carbons (Fsp3) is 0.0667. The number of para-hydroxylation sites is 5. The van der Waals surface area contributed by atoms with Gasteiger partial charge in [-0.2, -0.15) is 18.2 Å². The Hall–Kier alpha value is -7.79. The molecule has 0 aliphatic heterocycles. The van der Waals surface area contributed by atoms with E-state index in [4.69, 9.17) is 9.72 Å². The van der Waals surface area contributed by atoms with Crippen molar-refractivity contribution in [1.29, 1.82) is 0 Å². The van der Waals surface area contributed by atoms with Gasteiger partial charge in [0.2, 0.25) is 0 Å². The van der Waals surface area contributed by atoms with Crippen molar-refractivity contribution in [2.45, 2.75) is 26.2 Å². The van der Waals surface area contributed by atoms with E-state index < -0.39 is 0 Å². The summed E-state index contributed by atoms with van der Waals surface area (Å²) in [5.74, 6) is 2.00. The molecule has 0 bridgehead atoms. The fourth-order valence-corrected chi connectivity index (χ4v) is 10.0. The molecule has 0 radical (unpaired) electrons. The van der Waals surface area contributed by atoms with E-state index in [9.17, 15) is 0 Å². The van der Waals surface area contributed by atoms with Crippen molar-refractivity contribution < 1.29 is 30.2 Å². The van der Waals surface area contributed by atoms with Crippen LogP contribution in [0.4, 0.5) is 0 Å². The summed E-state index contributed by atoms with van der Waals surface area (Å²) in [6.45, 7) is 6.68. The maximum absolute atomic E-state index is 6.69. The summed E-state index contributed by atoms with van der Waals surface area (Å²) in [4.78, 5) is 4.87. The Kier molecular flexibility index (Phi) is 9.53. The van der Waals surface area contributed by atoms with Crippen molar-refractivity contribution in [1.82, 2.24) is 18.5 Å². The molecular formula is C60H41N5OPt-2. The topological polar surface area (TPSA) is 40.5 Å². The van der Waals surface area contributed by atoms with Crippen LogP contribution in [-0.4, -0.2) is 18.5 Å². The molecular weight excluding hydrogens is 1000 g/mol. The van der Waals surface area contributed by atoms with Gasteiger partial charge in [-0.05, 0) is 68.9 Å². The van der Waals surface area contributed by atoms with Gasteiger partial charge in [-0.15, -0.1) is 29.7 Å². The summed E-state index contributed by atoms with van der Waals surface area (Å²) >= 11 is 0. The summed E-state index contributed by atoms with van der Waals surface area (Å²) in [5.41, 5.74) is 11.6. The van der Waals surface area contributed by atoms with E-state index in [1.807, 2.05) is 29.0 Å². The molecule has 0 atom stereocenters. The predicted molar refractivity (Wildman–Crippen MR) is 268 cm³/mol. The molecule has 0 spiro atoms. The molecule has 13 rings (SSSR count). The van der Waals surface area contributed by atoms with Gasteiger partial charge in [-0.3, -0.25) is 4.40 Å². The normalized spacial score (nSPS) is 12.0. The van der Waals surface area contributed by atoms with Gasteiger partial charge in [0.05, 0.1) is 27.6 Å². The largest absolute Gasteiger partial charge is 0.510 e. The second-order valence-corrected chi connectivity index (χ2v) is 18.1. The number of ether oxygens (including phenoxy) is 1. The predicted octanol–water partition coefficient (Wildman–Crippen LogP) is 14.3. The molecule has 5 aromatic heterocycles. The van der Waals surface area contributed by atoms with Crippen LogP contribution in [0.2, 0.25) is 0 Å². The third-order valence-electron chi connectivity index (χ3n) is 13.1. The van der Waals surface area contributed by atoms with E-state index in [1.54, 1.807) is 0 Å². The SMILES string of the molecule is CC(C)(C)c1ccnc(-n2c3[c-]c(Oc4[c-]c(-n5[c-][n+]6c(c5)c5cccc7c8ccccc8n(c8ccccc8c8cccc(-c9ccccc9)c86)c75)ccc4)ccc3c3ccccc32)c1.[Pt]. The average molecular weight is 1040 g/mol. The minimum Gasteiger partial charge on any atom is -0.510 e. The van der Waals surface area contributed by atoms with Crippen LogP contribution in [0.1, 0.15) is 26.3 Å². The molecule has 0 aliphatic rings. The van der Waals surface area contributed by atoms with Gasteiger partial charge < -0.3 is 18.3 Å². The maximum atomic E-state index is 6.69. The van der Waals surface area contributed by atoms with E-state index in [-0.39, 0.29) is 26.5 Å². The molecule has 0 N–H and O–H groups in total. The molecule has 8 aromatic carbocycles. The Balaban J connectivity index is 0.00000468. The van der Waals surface area contributed by atoms with Crippen molar-refractivity contribution in [3.63, 3.8) is 0 Å². The number of benzene rings is 8. The van der Waals surface area contributed by atoms with Crippen LogP contribution in [-0.2, 0) is 26.5 Å².